The Morgan fingerprint density at radius 2 is 1.96 bits per heavy atom. The average Bonchev–Trinajstić information content (AvgIpc) is 2.67. The van der Waals surface area contributed by atoms with Crippen LogP contribution in [0.25, 0.3) is 6.08 Å². The molecule has 28 heavy (non-hydrogen) atoms. The number of allylic oxidation sites excluding steroid dienone is 1. The molecule has 0 spiro atoms. The quantitative estimate of drug-likeness (QED) is 0.411. The van der Waals surface area contributed by atoms with Crippen LogP contribution >= 0.6 is 0 Å². The zero-order chi connectivity index (χ0) is 20.3. The fourth-order valence-corrected chi connectivity index (χ4v) is 3.63. The molecule has 1 heterocycles. The van der Waals surface area contributed by atoms with E-state index in [1.807, 2.05) is 6.92 Å². The Kier molecular flexibility index (Phi) is 5.66. The van der Waals surface area contributed by atoms with Crippen LogP contribution in [0.4, 0.5) is 5.69 Å². The minimum absolute atomic E-state index is 0.0421. The highest BCUT2D eigenvalue weighted by molar-refractivity contribution is 7.86. The topological polar surface area (TPSA) is 105 Å². The van der Waals surface area contributed by atoms with Gasteiger partial charge in [0, 0.05) is 6.07 Å². The van der Waals surface area contributed by atoms with Crippen molar-refractivity contribution >= 4 is 21.9 Å². The second-order valence-corrected chi connectivity index (χ2v) is 7.80. The third kappa shape index (κ3) is 4.15. The van der Waals surface area contributed by atoms with E-state index in [0.29, 0.717) is 5.75 Å². The van der Waals surface area contributed by atoms with E-state index in [-0.39, 0.29) is 35.1 Å². The first kappa shape index (κ1) is 19.8. The van der Waals surface area contributed by atoms with E-state index in [1.54, 1.807) is 31.2 Å². The van der Waals surface area contributed by atoms with E-state index in [0.717, 1.165) is 5.56 Å². The number of hydrogen-bond donors (Lipinski definition) is 0. The molecule has 0 aliphatic carbocycles. The van der Waals surface area contributed by atoms with Crippen LogP contribution in [0, 0.1) is 17.0 Å². The van der Waals surface area contributed by atoms with Crippen molar-refractivity contribution in [2.24, 2.45) is 0 Å². The molecule has 1 aliphatic rings. The van der Waals surface area contributed by atoms with Gasteiger partial charge in [0.1, 0.15) is 13.2 Å². The Morgan fingerprint density at radius 3 is 2.61 bits per heavy atom. The van der Waals surface area contributed by atoms with Gasteiger partial charge in [0.2, 0.25) is 0 Å². The lowest BCUT2D eigenvalue weighted by Crippen LogP contribution is -2.34. The first-order valence-corrected chi connectivity index (χ1v) is 9.92. The molecule has 3 rings (SSSR count). The monoisotopic (exact) mass is 405 g/mol. The molecule has 2 aromatic carbocycles. The molecule has 0 bridgehead atoms. The molecular weight excluding hydrogens is 386 g/mol. The Labute approximate surface area is 162 Å². The van der Waals surface area contributed by atoms with E-state index in [9.17, 15) is 18.5 Å². The predicted molar refractivity (Wildman–Crippen MR) is 102 cm³/mol. The number of nitrogens with zero attached hydrogens (tertiary/aromatic N) is 1. The molecule has 0 fully saturated rings. The molecule has 1 aliphatic heterocycles. The molecule has 9 heteroatoms. The summed E-state index contributed by atoms with van der Waals surface area (Å²) in [4.78, 5) is 10.8. The van der Waals surface area contributed by atoms with Crippen molar-refractivity contribution in [2.45, 2.75) is 24.8 Å². The number of hydrogen-bond acceptors (Lipinski definition) is 7. The molecule has 1 unspecified atom stereocenters. The molecule has 0 aromatic heterocycles. The van der Waals surface area contributed by atoms with E-state index in [2.05, 4.69) is 0 Å². The summed E-state index contributed by atoms with van der Waals surface area (Å²) in [6.45, 7) is 3.35. The standard InChI is InChI=1S/C19H19NO7S/c1-3-4-16-17(20(21)22)9-10-18-19(16)27-14(11-25-18)12-26-28(23,24)15-7-5-13(2)6-8-15/h3-10,14H,11-12H2,1-2H3/b4-3-. The maximum atomic E-state index is 12.3. The van der Waals surface area contributed by atoms with Gasteiger partial charge in [-0.25, -0.2) is 0 Å². The van der Waals surface area contributed by atoms with Crippen molar-refractivity contribution < 1.29 is 27.0 Å². The fraction of sp³-hybridized carbons (Fsp3) is 0.263. The number of ether oxygens (including phenoxy) is 2. The molecule has 0 saturated heterocycles. The summed E-state index contributed by atoms with van der Waals surface area (Å²) in [5.74, 6) is 0.552. The van der Waals surface area contributed by atoms with Crippen LogP contribution in [0.5, 0.6) is 11.5 Å². The van der Waals surface area contributed by atoms with E-state index in [4.69, 9.17) is 13.7 Å². The first-order chi connectivity index (χ1) is 13.3. The second kappa shape index (κ2) is 7.99. The van der Waals surface area contributed by atoms with E-state index < -0.39 is 21.1 Å². The van der Waals surface area contributed by atoms with E-state index >= 15 is 0 Å². The van der Waals surface area contributed by atoms with Gasteiger partial charge < -0.3 is 9.47 Å². The van der Waals surface area contributed by atoms with Crippen molar-refractivity contribution in [3.8, 4) is 11.5 Å². The minimum Gasteiger partial charge on any atom is -0.486 e. The highest BCUT2D eigenvalue weighted by atomic mass is 32.2. The van der Waals surface area contributed by atoms with Crippen LogP contribution in [0.2, 0.25) is 0 Å². The van der Waals surface area contributed by atoms with Crippen LogP contribution in [-0.4, -0.2) is 32.7 Å². The number of aryl methyl sites for hydroxylation is 1. The molecule has 1 atom stereocenters. The summed E-state index contributed by atoms with van der Waals surface area (Å²) in [6, 6.07) is 9.08. The number of nitro groups is 1. The largest absolute Gasteiger partial charge is 0.486 e. The Bertz CT molecular complexity index is 1010. The number of benzene rings is 2. The average molecular weight is 405 g/mol. The van der Waals surface area contributed by atoms with Crippen LogP contribution in [0.1, 0.15) is 18.1 Å². The fourth-order valence-electron chi connectivity index (χ4n) is 2.70. The molecule has 0 saturated carbocycles. The van der Waals surface area contributed by atoms with Crippen molar-refractivity contribution in [3.63, 3.8) is 0 Å². The number of rotatable bonds is 6. The lowest BCUT2D eigenvalue weighted by Gasteiger charge is -2.27. The van der Waals surface area contributed by atoms with Crippen molar-refractivity contribution in [1.29, 1.82) is 0 Å². The zero-order valence-electron chi connectivity index (χ0n) is 15.3. The lowest BCUT2D eigenvalue weighted by atomic mass is 10.1. The highest BCUT2D eigenvalue weighted by Gasteiger charge is 2.29. The Hall–Kier alpha value is -2.91. The Balaban J connectivity index is 1.79. The molecule has 2 aromatic rings. The summed E-state index contributed by atoms with van der Waals surface area (Å²) in [5.41, 5.74) is 1.06. The summed E-state index contributed by atoms with van der Waals surface area (Å²) in [7, 11) is -3.95. The van der Waals surface area contributed by atoms with Gasteiger partial charge in [0.25, 0.3) is 15.8 Å². The number of fused-ring (bicyclic) bond motifs is 1. The van der Waals surface area contributed by atoms with Gasteiger partial charge >= 0.3 is 0 Å². The van der Waals surface area contributed by atoms with Crippen LogP contribution in [0.15, 0.2) is 47.4 Å². The summed E-state index contributed by atoms with van der Waals surface area (Å²) < 4.78 is 41.1. The molecule has 0 radical (unpaired) electrons. The Morgan fingerprint density at radius 1 is 1.25 bits per heavy atom. The van der Waals surface area contributed by atoms with Crippen molar-refractivity contribution in [2.75, 3.05) is 13.2 Å². The van der Waals surface area contributed by atoms with Gasteiger partial charge in [-0.1, -0.05) is 23.8 Å². The maximum Gasteiger partial charge on any atom is 0.297 e. The molecule has 0 N–H and O–H groups in total. The van der Waals surface area contributed by atoms with Gasteiger partial charge in [-0.15, -0.1) is 0 Å². The van der Waals surface area contributed by atoms with Gasteiger partial charge in [-0.2, -0.15) is 8.42 Å². The normalized spacial score (nSPS) is 16.3. The SMILES string of the molecule is C/C=C\c1c([N+](=O)[O-])ccc2c1OC(COS(=O)(=O)c1ccc(C)cc1)CO2. The third-order valence-electron chi connectivity index (χ3n) is 4.09. The summed E-state index contributed by atoms with van der Waals surface area (Å²) >= 11 is 0. The maximum absolute atomic E-state index is 12.3. The summed E-state index contributed by atoms with van der Waals surface area (Å²) in [5, 5.41) is 11.3. The van der Waals surface area contributed by atoms with Gasteiger partial charge in [0.15, 0.2) is 17.6 Å². The van der Waals surface area contributed by atoms with Crippen LogP contribution in [0.3, 0.4) is 0 Å². The van der Waals surface area contributed by atoms with Gasteiger partial charge in [0.05, 0.1) is 15.4 Å². The van der Waals surface area contributed by atoms with E-state index in [1.165, 1.54) is 24.3 Å². The lowest BCUT2D eigenvalue weighted by molar-refractivity contribution is -0.385. The predicted octanol–water partition coefficient (Wildman–Crippen LogP) is 3.48. The molecule has 148 valence electrons. The zero-order valence-corrected chi connectivity index (χ0v) is 16.1. The van der Waals surface area contributed by atoms with Crippen LogP contribution in [-0.2, 0) is 14.3 Å². The number of nitro benzene ring substituents is 1. The highest BCUT2D eigenvalue weighted by Crippen LogP contribution is 2.41. The van der Waals surface area contributed by atoms with Crippen molar-refractivity contribution in [3.05, 3.63) is 63.7 Å². The van der Waals surface area contributed by atoms with Crippen molar-refractivity contribution in [1.82, 2.24) is 0 Å². The van der Waals surface area contributed by atoms with Gasteiger partial charge in [-0.05, 0) is 38.1 Å². The molecular formula is C19H19NO7S. The van der Waals surface area contributed by atoms with Crippen LogP contribution < -0.4 is 9.47 Å². The minimum atomic E-state index is -3.95. The smallest absolute Gasteiger partial charge is 0.297 e. The third-order valence-corrected chi connectivity index (χ3v) is 5.39. The second-order valence-electron chi connectivity index (χ2n) is 6.19. The van der Waals surface area contributed by atoms with Gasteiger partial charge in [-0.3, -0.25) is 14.3 Å². The summed E-state index contributed by atoms with van der Waals surface area (Å²) in [6.07, 6.45) is 2.46. The molecule has 8 nitrogen and oxygen atoms in total. The molecule has 0 amide bonds. The first-order valence-electron chi connectivity index (χ1n) is 8.51.